The molecule has 2 N–H and O–H groups in total. The minimum Gasteiger partial charge on any atom is -0.393 e. The Labute approximate surface area is 110 Å². The SMILES string of the molecule is OC1CC(CNC2CCOC3(CCCCC3)C2)C1. The van der Waals surface area contributed by atoms with Gasteiger partial charge in [-0.2, -0.15) is 0 Å². The van der Waals surface area contributed by atoms with Crippen LogP contribution in [-0.4, -0.2) is 36.0 Å². The molecular formula is C15H27NO2. The van der Waals surface area contributed by atoms with Crippen molar-refractivity contribution in [1.82, 2.24) is 5.32 Å². The van der Waals surface area contributed by atoms with E-state index in [-0.39, 0.29) is 11.7 Å². The van der Waals surface area contributed by atoms with E-state index in [1.54, 1.807) is 0 Å². The molecule has 3 rings (SSSR count). The monoisotopic (exact) mass is 253 g/mol. The number of aliphatic hydroxyl groups is 1. The zero-order chi connectivity index (χ0) is 12.4. The highest BCUT2D eigenvalue weighted by molar-refractivity contribution is 4.92. The van der Waals surface area contributed by atoms with Crippen molar-refractivity contribution in [3.8, 4) is 0 Å². The average molecular weight is 253 g/mol. The van der Waals surface area contributed by atoms with Crippen molar-refractivity contribution in [3.05, 3.63) is 0 Å². The molecule has 1 heterocycles. The molecule has 1 spiro atoms. The molecule has 0 aromatic rings. The van der Waals surface area contributed by atoms with Crippen molar-refractivity contribution in [1.29, 1.82) is 0 Å². The molecule has 0 amide bonds. The molecule has 1 aliphatic heterocycles. The van der Waals surface area contributed by atoms with Crippen LogP contribution in [0.15, 0.2) is 0 Å². The van der Waals surface area contributed by atoms with Crippen molar-refractivity contribution in [3.63, 3.8) is 0 Å². The molecule has 0 aromatic carbocycles. The van der Waals surface area contributed by atoms with Gasteiger partial charge in [0, 0.05) is 12.6 Å². The van der Waals surface area contributed by atoms with Crippen LogP contribution in [0, 0.1) is 5.92 Å². The molecule has 3 heteroatoms. The molecule has 18 heavy (non-hydrogen) atoms. The van der Waals surface area contributed by atoms with Gasteiger partial charge in [-0.15, -0.1) is 0 Å². The maximum absolute atomic E-state index is 9.31. The van der Waals surface area contributed by atoms with Crippen LogP contribution in [-0.2, 0) is 4.74 Å². The van der Waals surface area contributed by atoms with Gasteiger partial charge in [-0.1, -0.05) is 19.3 Å². The van der Waals surface area contributed by atoms with Crippen LogP contribution in [0.3, 0.4) is 0 Å². The maximum Gasteiger partial charge on any atom is 0.0697 e. The van der Waals surface area contributed by atoms with Crippen molar-refractivity contribution in [2.45, 2.75) is 75.5 Å². The van der Waals surface area contributed by atoms with Crippen LogP contribution in [0.4, 0.5) is 0 Å². The zero-order valence-corrected chi connectivity index (χ0v) is 11.4. The van der Waals surface area contributed by atoms with E-state index in [0.717, 1.165) is 32.4 Å². The second kappa shape index (κ2) is 5.48. The summed E-state index contributed by atoms with van der Waals surface area (Å²) in [6.07, 6.45) is 11.0. The normalized spacial score (nSPS) is 39.5. The van der Waals surface area contributed by atoms with Gasteiger partial charge in [-0.3, -0.25) is 0 Å². The smallest absolute Gasteiger partial charge is 0.0697 e. The van der Waals surface area contributed by atoms with E-state index in [1.165, 1.54) is 38.5 Å². The molecule has 0 bridgehead atoms. The second-order valence-electron chi connectivity index (χ2n) is 6.68. The molecular weight excluding hydrogens is 226 g/mol. The first-order valence-corrected chi connectivity index (χ1v) is 7.81. The number of aliphatic hydroxyl groups excluding tert-OH is 1. The molecule has 104 valence electrons. The molecule has 2 saturated carbocycles. The predicted octanol–water partition coefficient (Wildman–Crippen LogP) is 2.23. The Morgan fingerprint density at radius 2 is 1.94 bits per heavy atom. The number of ether oxygens (including phenoxy) is 1. The van der Waals surface area contributed by atoms with E-state index >= 15 is 0 Å². The minimum absolute atomic E-state index is 0.0174. The van der Waals surface area contributed by atoms with E-state index in [9.17, 15) is 5.11 Å². The fourth-order valence-corrected chi connectivity index (χ4v) is 3.95. The summed E-state index contributed by atoms with van der Waals surface area (Å²) in [4.78, 5) is 0. The van der Waals surface area contributed by atoms with Gasteiger partial charge in [-0.05, 0) is 51.0 Å². The first-order chi connectivity index (χ1) is 8.76. The number of hydrogen-bond acceptors (Lipinski definition) is 3. The summed E-state index contributed by atoms with van der Waals surface area (Å²) in [5.41, 5.74) is 0.216. The Kier molecular flexibility index (Phi) is 3.92. The van der Waals surface area contributed by atoms with Crippen molar-refractivity contribution >= 4 is 0 Å². The Balaban J connectivity index is 1.45. The van der Waals surface area contributed by atoms with Gasteiger partial charge in [0.2, 0.25) is 0 Å². The van der Waals surface area contributed by atoms with Crippen LogP contribution in [0.5, 0.6) is 0 Å². The highest BCUT2D eigenvalue weighted by atomic mass is 16.5. The highest BCUT2D eigenvalue weighted by Gasteiger charge is 2.38. The highest BCUT2D eigenvalue weighted by Crippen LogP contribution is 2.38. The molecule has 0 aromatic heterocycles. The molecule has 3 fully saturated rings. The van der Waals surface area contributed by atoms with E-state index in [1.807, 2.05) is 0 Å². The molecule has 1 atom stereocenters. The lowest BCUT2D eigenvalue weighted by atomic mass is 9.77. The third kappa shape index (κ3) is 2.89. The molecule has 0 radical (unpaired) electrons. The molecule has 3 aliphatic rings. The fraction of sp³-hybridized carbons (Fsp3) is 1.00. The van der Waals surface area contributed by atoms with Gasteiger partial charge < -0.3 is 15.2 Å². The molecule has 3 nitrogen and oxygen atoms in total. The number of hydrogen-bond donors (Lipinski definition) is 2. The topological polar surface area (TPSA) is 41.5 Å². The number of nitrogens with one attached hydrogen (secondary N) is 1. The molecule has 2 aliphatic carbocycles. The van der Waals surface area contributed by atoms with Gasteiger partial charge in [0.05, 0.1) is 11.7 Å². The average Bonchev–Trinajstić information content (AvgIpc) is 2.34. The van der Waals surface area contributed by atoms with Crippen LogP contribution >= 0.6 is 0 Å². The van der Waals surface area contributed by atoms with E-state index in [0.29, 0.717) is 12.0 Å². The summed E-state index contributed by atoms with van der Waals surface area (Å²) >= 11 is 0. The molecule has 1 saturated heterocycles. The van der Waals surface area contributed by atoms with Crippen LogP contribution in [0.1, 0.15) is 57.8 Å². The van der Waals surface area contributed by atoms with Gasteiger partial charge >= 0.3 is 0 Å². The second-order valence-corrected chi connectivity index (χ2v) is 6.68. The van der Waals surface area contributed by atoms with Crippen molar-refractivity contribution < 1.29 is 9.84 Å². The fourth-order valence-electron chi connectivity index (χ4n) is 3.95. The summed E-state index contributed by atoms with van der Waals surface area (Å²) < 4.78 is 6.12. The lowest BCUT2D eigenvalue weighted by molar-refractivity contribution is -0.109. The van der Waals surface area contributed by atoms with E-state index < -0.39 is 0 Å². The Morgan fingerprint density at radius 1 is 1.17 bits per heavy atom. The summed E-state index contributed by atoms with van der Waals surface area (Å²) in [6, 6.07) is 0.648. The van der Waals surface area contributed by atoms with Gasteiger partial charge in [-0.25, -0.2) is 0 Å². The van der Waals surface area contributed by atoms with Crippen LogP contribution < -0.4 is 5.32 Å². The summed E-state index contributed by atoms with van der Waals surface area (Å²) in [5.74, 6) is 0.713. The third-order valence-corrected chi connectivity index (χ3v) is 5.16. The summed E-state index contributed by atoms with van der Waals surface area (Å²) in [6.45, 7) is 2.03. The van der Waals surface area contributed by atoms with Crippen molar-refractivity contribution in [2.75, 3.05) is 13.2 Å². The lowest BCUT2D eigenvalue weighted by Crippen LogP contribution is -2.49. The lowest BCUT2D eigenvalue weighted by Gasteiger charge is -2.44. The standard InChI is InChI=1S/C15H27NO2/c17-14-8-12(9-14)11-16-13-4-7-18-15(10-13)5-2-1-3-6-15/h12-14,16-17H,1-11H2. The zero-order valence-electron chi connectivity index (χ0n) is 11.4. The first kappa shape index (κ1) is 12.9. The quantitative estimate of drug-likeness (QED) is 0.810. The minimum atomic E-state index is -0.0174. The van der Waals surface area contributed by atoms with Gasteiger partial charge in [0.1, 0.15) is 0 Å². The van der Waals surface area contributed by atoms with Crippen LogP contribution in [0.2, 0.25) is 0 Å². The Morgan fingerprint density at radius 3 is 2.67 bits per heavy atom. The molecule has 1 unspecified atom stereocenters. The summed E-state index contributed by atoms with van der Waals surface area (Å²) in [5, 5.41) is 13.0. The van der Waals surface area contributed by atoms with E-state index in [2.05, 4.69) is 5.32 Å². The third-order valence-electron chi connectivity index (χ3n) is 5.16. The summed E-state index contributed by atoms with van der Waals surface area (Å²) in [7, 11) is 0. The Bertz CT molecular complexity index is 264. The number of rotatable bonds is 3. The van der Waals surface area contributed by atoms with Crippen molar-refractivity contribution in [2.24, 2.45) is 5.92 Å². The van der Waals surface area contributed by atoms with Crippen LogP contribution in [0.25, 0.3) is 0 Å². The van der Waals surface area contributed by atoms with Gasteiger partial charge in [0.15, 0.2) is 0 Å². The first-order valence-electron chi connectivity index (χ1n) is 7.81. The van der Waals surface area contributed by atoms with Gasteiger partial charge in [0.25, 0.3) is 0 Å². The largest absolute Gasteiger partial charge is 0.393 e. The predicted molar refractivity (Wildman–Crippen MR) is 71.5 cm³/mol. The Hall–Kier alpha value is -0.120. The maximum atomic E-state index is 9.31. The van der Waals surface area contributed by atoms with E-state index in [4.69, 9.17) is 4.74 Å².